The minimum Gasteiger partial charge on any atom is -0.461 e. The Morgan fingerprint density at radius 1 is 1.50 bits per heavy atom. The topological polar surface area (TPSA) is 42.2 Å². The van der Waals surface area contributed by atoms with E-state index in [1.54, 1.807) is 12.1 Å². The average molecular weight is 195 g/mol. The highest BCUT2D eigenvalue weighted by Gasteiger charge is 2.16. The van der Waals surface area contributed by atoms with Crippen molar-refractivity contribution in [2.24, 2.45) is 5.92 Å². The maximum absolute atomic E-state index is 11.7. The number of nitrogens with one attached hydrogen (secondary N) is 1. The summed E-state index contributed by atoms with van der Waals surface area (Å²) in [5.41, 5.74) is 0. The number of carbonyl (C=O) groups is 1. The van der Waals surface area contributed by atoms with Gasteiger partial charge in [-0.25, -0.2) is 0 Å². The molecule has 0 spiro atoms. The zero-order chi connectivity index (χ0) is 10.6. The summed E-state index contributed by atoms with van der Waals surface area (Å²) >= 11 is 0. The molecule has 0 radical (unpaired) electrons. The van der Waals surface area contributed by atoms with Crippen LogP contribution in [0.25, 0.3) is 0 Å². The van der Waals surface area contributed by atoms with Crippen LogP contribution in [0.4, 0.5) is 0 Å². The molecule has 78 valence electrons. The summed E-state index contributed by atoms with van der Waals surface area (Å²) in [5, 5.41) is 3.16. The molecular weight excluding hydrogens is 178 g/mol. The first-order chi connectivity index (χ1) is 6.61. The van der Waals surface area contributed by atoms with Gasteiger partial charge in [0.25, 0.3) is 0 Å². The fourth-order valence-corrected chi connectivity index (χ4v) is 1.14. The lowest BCUT2D eigenvalue weighted by atomic mass is 10.1. The molecule has 0 aromatic carbocycles. The van der Waals surface area contributed by atoms with Gasteiger partial charge in [0, 0.05) is 0 Å². The van der Waals surface area contributed by atoms with Crippen molar-refractivity contribution in [2.45, 2.75) is 26.8 Å². The van der Waals surface area contributed by atoms with Gasteiger partial charge in [0.05, 0.1) is 12.3 Å². The van der Waals surface area contributed by atoms with Gasteiger partial charge in [0.1, 0.15) is 0 Å². The average Bonchev–Trinajstić information content (AvgIpc) is 2.65. The molecule has 0 fully saturated rings. The van der Waals surface area contributed by atoms with Crippen molar-refractivity contribution in [2.75, 3.05) is 6.54 Å². The molecule has 0 saturated heterocycles. The number of Topliss-reactive ketones (excluding diaryl/α,β-unsaturated/α-hetero) is 1. The summed E-state index contributed by atoms with van der Waals surface area (Å²) < 4.78 is 5.03. The van der Waals surface area contributed by atoms with Crippen LogP contribution in [0.15, 0.2) is 22.8 Å². The van der Waals surface area contributed by atoms with Gasteiger partial charge in [0.2, 0.25) is 5.78 Å². The maximum Gasteiger partial charge on any atom is 0.214 e. The van der Waals surface area contributed by atoms with Crippen LogP contribution >= 0.6 is 0 Å². The Hall–Kier alpha value is -1.09. The Balaban J connectivity index is 2.45. The highest BCUT2D eigenvalue weighted by Crippen LogP contribution is 2.04. The number of hydrogen-bond acceptors (Lipinski definition) is 3. The molecule has 0 aliphatic heterocycles. The molecule has 1 heterocycles. The SMILES string of the molecule is CC(C)CNC(C)C(=O)c1ccco1. The predicted molar refractivity (Wildman–Crippen MR) is 55.3 cm³/mol. The number of rotatable bonds is 5. The number of ketones is 1. The molecule has 3 nitrogen and oxygen atoms in total. The maximum atomic E-state index is 11.7. The molecule has 1 rings (SSSR count). The molecule has 14 heavy (non-hydrogen) atoms. The van der Waals surface area contributed by atoms with E-state index in [2.05, 4.69) is 19.2 Å². The highest BCUT2D eigenvalue weighted by atomic mass is 16.3. The summed E-state index contributed by atoms with van der Waals surface area (Å²) in [4.78, 5) is 11.7. The second-order valence-corrected chi connectivity index (χ2v) is 3.87. The standard InChI is InChI=1S/C11H17NO2/c1-8(2)7-12-9(3)11(13)10-5-4-6-14-10/h4-6,8-9,12H,7H2,1-3H3. The van der Waals surface area contributed by atoms with E-state index in [4.69, 9.17) is 4.42 Å². The van der Waals surface area contributed by atoms with Crippen LogP contribution < -0.4 is 5.32 Å². The van der Waals surface area contributed by atoms with Crippen molar-refractivity contribution >= 4 is 5.78 Å². The first-order valence-corrected chi connectivity index (χ1v) is 4.92. The summed E-state index contributed by atoms with van der Waals surface area (Å²) in [5.74, 6) is 0.978. The molecule has 1 aromatic heterocycles. The van der Waals surface area contributed by atoms with E-state index in [0.29, 0.717) is 11.7 Å². The summed E-state index contributed by atoms with van der Waals surface area (Å²) in [7, 11) is 0. The van der Waals surface area contributed by atoms with Crippen LogP contribution in [0, 0.1) is 5.92 Å². The van der Waals surface area contributed by atoms with Crippen LogP contribution in [-0.2, 0) is 0 Å². The normalized spacial score (nSPS) is 13.1. The lowest BCUT2D eigenvalue weighted by Crippen LogP contribution is -2.36. The molecule has 1 atom stereocenters. The van der Waals surface area contributed by atoms with E-state index < -0.39 is 0 Å². The lowest BCUT2D eigenvalue weighted by molar-refractivity contribution is 0.0922. The van der Waals surface area contributed by atoms with Gasteiger partial charge in [0.15, 0.2) is 5.76 Å². The minimum atomic E-state index is -0.177. The third-order valence-electron chi connectivity index (χ3n) is 1.99. The quantitative estimate of drug-likeness (QED) is 0.731. The molecule has 1 unspecified atom stereocenters. The van der Waals surface area contributed by atoms with Gasteiger partial charge >= 0.3 is 0 Å². The van der Waals surface area contributed by atoms with Gasteiger partial charge in [-0.2, -0.15) is 0 Å². The highest BCUT2D eigenvalue weighted by molar-refractivity contribution is 5.97. The van der Waals surface area contributed by atoms with E-state index in [1.165, 1.54) is 6.26 Å². The van der Waals surface area contributed by atoms with Crippen LogP contribution in [0.5, 0.6) is 0 Å². The van der Waals surface area contributed by atoms with Gasteiger partial charge in [-0.3, -0.25) is 4.79 Å². The molecule has 1 N–H and O–H groups in total. The predicted octanol–water partition coefficient (Wildman–Crippen LogP) is 2.10. The van der Waals surface area contributed by atoms with Crippen molar-refractivity contribution in [1.29, 1.82) is 0 Å². The Labute approximate surface area is 84.5 Å². The van der Waals surface area contributed by atoms with E-state index in [0.717, 1.165) is 6.54 Å². The molecule has 3 heteroatoms. The second-order valence-electron chi connectivity index (χ2n) is 3.87. The van der Waals surface area contributed by atoms with Crippen molar-refractivity contribution < 1.29 is 9.21 Å². The van der Waals surface area contributed by atoms with Crippen LogP contribution in [0.3, 0.4) is 0 Å². The fourth-order valence-electron chi connectivity index (χ4n) is 1.14. The molecule has 0 aliphatic carbocycles. The summed E-state index contributed by atoms with van der Waals surface area (Å²) in [6.45, 7) is 6.91. The Morgan fingerprint density at radius 2 is 2.21 bits per heavy atom. The summed E-state index contributed by atoms with van der Waals surface area (Å²) in [6, 6.07) is 3.24. The van der Waals surface area contributed by atoms with Crippen LogP contribution in [-0.4, -0.2) is 18.4 Å². The Bertz CT molecular complexity index is 277. The van der Waals surface area contributed by atoms with Crippen LogP contribution in [0.2, 0.25) is 0 Å². The minimum absolute atomic E-state index is 0.00986. The number of furan rings is 1. The first kappa shape index (κ1) is 11.0. The van der Waals surface area contributed by atoms with E-state index in [-0.39, 0.29) is 11.8 Å². The third kappa shape index (κ3) is 3.00. The van der Waals surface area contributed by atoms with Gasteiger partial charge in [-0.05, 0) is 31.5 Å². The van der Waals surface area contributed by atoms with Crippen molar-refractivity contribution in [1.82, 2.24) is 5.32 Å². The smallest absolute Gasteiger partial charge is 0.214 e. The molecule has 0 saturated carbocycles. The molecule has 0 amide bonds. The largest absolute Gasteiger partial charge is 0.461 e. The zero-order valence-corrected chi connectivity index (χ0v) is 8.91. The monoisotopic (exact) mass is 195 g/mol. The number of hydrogen-bond donors (Lipinski definition) is 1. The molecular formula is C11H17NO2. The Morgan fingerprint density at radius 3 is 2.71 bits per heavy atom. The summed E-state index contributed by atoms with van der Waals surface area (Å²) in [6.07, 6.45) is 1.52. The fraction of sp³-hybridized carbons (Fsp3) is 0.545. The van der Waals surface area contributed by atoms with E-state index in [9.17, 15) is 4.79 Å². The van der Waals surface area contributed by atoms with E-state index >= 15 is 0 Å². The van der Waals surface area contributed by atoms with Crippen LogP contribution in [0.1, 0.15) is 31.3 Å². The molecule has 0 bridgehead atoms. The van der Waals surface area contributed by atoms with Gasteiger partial charge in [-0.15, -0.1) is 0 Å². The lowest BCUT2D eigenvalue weighted by Gasteiger charge is -2.12. The van der Waals surface area contributed by atoms with Gasteiger partial charge < -0.3 is 9.73 Å². The third-order valence-corrected chi connectivity index (χ3v) is 1.99. The van der Waals surface area contributed by atoms with E-state index in [1.807, 2.05) is 6.92 Å². The Kier molecular flexibility index (Phi) is 3.89. The second kappa shape index (κ2) is 4.96. The van der Waals surface area contributed by atoms with Crippen molar-refractivity contribution in [3.8, 4) is 0 Å². The van der Waals surface area contributed by atoms with Gasteiger partial charge in [-0.1, -0.05) is 13.8 Å². The molecule has 1 aromatic rings. The van der Waals surface area contributed by atoms with Crippen molar-refractivity contribution in [3.63, 3.8) is 0 Å². The first-order valence-electron chi connectivity index (χ1n) is 4.92. The zero-order valence-electron chi connectivity index (χ0n) is 8.91. The van der Waals surface area contributed by atoms with Crippen molar-refractivity contribution in [3.05, 3.63) is 24.2 Å². The number of carbonyl (C=O) groups excluding carboxylic acids is 1. The molecule has 0 aliphatic rings.